The Labute approximate surface area is 226 Å². The summed E-state index contributed by atoms with van der Waals surface area (Å²) in [6.45, 7) is 12.0. The lowest BCUT2D eigenvalue weighted by Gasteiger charge is -2.44. The van der Waals surface area contributed by atoms with Crippen molar-refractivity contribution < 1.29 is 9.53 Å². The fraction of sp³-hybridized carbons (Fsp3) is 0.567. The van der Waals surface area contributed by atoms with Crippen molar-refractivity contribution in [1.82, 2.24) is 24.8 Å². The summed E-state index contributed by atoms with van der Waals surface area (Å²) in [5, 5.41) is 3.25. The molecule has 2 atom stereocenters. The Morgan fingerprint density at radius 1 is 1.21 bits per heavy atom. The number of aromatic nitrogens is 3. The van der Waals surface area contributed by atoms with E-state index >= 15 is 0 Å². The third kappa shape index (κ3) is 5.29. The van der Waals surface area contributed by atoms with Crippen LogP contribution >= 0.6 is 0 Å². The number of carbonyl (C=O) groups excluding carboxylic acids is 1. The lowest BCUT2D eigenvalue weighted by molar-refractivity contribution is 0.0497. The lowest BCUT2D eigenvalue weighted by atomic mass is 9.77. The Morgan fingerprint density at radius 3 is 2.82 bits per heavy atom. The maximum absolute atomic E-state index is 13.6. The number of hydrogen-bond acceptors (Lipinski definition) is 7. The summed E-state index contributed by atoms with van der Waals surface area (Å²) in [5.41, 5.74) is 4.64. The Hall–Kier alpha value is -2.97. The van der Waals surface area contributed by atoms with Crippen molar-refractivity contribution >= 4 is 22.8 Å². The second-order valence-electron chi connectivity index (χ2n) is 11.6. The molecule has 1 aromatic carbocycles. The van der Waals surface area contributed by atoms with Crippen LogP contribution in [0.2, 0.25) is 0 Å². The number of likely N-dealkylation sites (tertiary alicyclic amines) is 1. The zero-order valence-electron chi connectivity index (χ0n) is 23.5. The third-order valence-electron chi connectivity index (χ3n) is 7.86. The molecule has 8 heteroatoms. The number of fused-ring (bicyclic) bond motifs is 4. The van der Waals surface area contributed by atoms with Crippen LogP contribution in [0.25, 0.3) is 11.0 Å². The molecule has 1 fully saturated rings. The van der Waals surface area contributed by atoms with Crippen molar-refractivity contribution in [2.24, 2.45) is 5.92 Å². The molecular formula is C30H42N6O2. The van der Waals surface area contributed by atoms with Crippen molar-refractivity contribution in [2.75, 3.05) is 38.1 Å². The summed E-state index contributed by atoms with van der Waals surface area (Å²) >= 11 is 0. The number of para-hydroxylation sites is 1. The van der Waals surface area contributed by atoms with Gasteiger partial charge in [-0.05, 0) is 96.7 Å². The monoisotopic (exact) mass is 518 g/mol. The number of anilines is 1. The minimum atomic E-state index is -0.604. The molecule has 8 nitrogen and oxygen atoms in total. The number of benzene rings is 1. The van der Waals surface area contributed by atoms with Gasteiger partial charge < -0.3 is 15.0 Å². The van der Waals surface area contributed by atoms with Gasteiger partial charge in [0.2, 0.25) is 0 Å². The van der Waals surface area contributed by atoms with E-state index in [9.17, 15) is 4.79 Å². The average molecular weight is 519 g/mol. The van der Waals surface area contributed by atoms with Crippen molar-refractivity contribution in [1.29, 1.82) is 0 Å². The molecule has 1 saturated heterocycles. The Morgan fingerprint density at radius 2 is 2.05 bits per heavy atom. The van der Waals surface area contributed by atoms with Crippen LogP contribution in [0.3, 0.4) is 0 Å². The largest absolute Gasteiger partial charge is 0.443 e. The highest BCUT2D eigenvalue weighted by Gasteiger charge is 2.38. The summed E-state index contributed by atoms with van der Waals surface area (Å²) in [6.07, 6.45) is 6.19. The molecule has 38 heavy (non-hydrogen) atoms. The molecule has 0 saturated carbocycles. The van der Waals surface area contributed by atoms with E-state index in [1.807, 2.05) is 52.2 Å². The number of piperidine rings is 1. The Kier molecular flexibility index (Phi) is 7.73. The first-order valence-corrected chi connectivity index (χ1v) is 14.1. The average Bonchev–Trinajstić information content (AvgIpc) is 3.26. The zero-order chi connectivity index (χ0) is 26.9. The van der Waals surface area contributed by atoms with Gasteiger partial charge in [-0.1, -0.05) is 12.1 Å². The van der Waals surface area contributed by atoms with Gasteiger partial charge in [-0.2, -0.15) is 0 Å². The third-order valence-corrected chi connectivity index (χ3v) is 7.86. The minimum absolute atomic E-state index is 0.253. The molecular weight excluding hydrogens is 476 g/mol. The van der Waals surface area contributed by atoms with Crippen LogP contribution in [0.15, 0.2) is 36.5 Å². The fourth-order valence-electron chi connectivity index (χ4n) is 6.18. The molecule has 2 unspecified atom stereocenters. The summed E-state index contributed by atoms with van der Waals surface area (Å²) in [4.78, 5) is 28.5. The molecule has 204 valence electrons. The summed E-state index contributed by atoms with van der Waals surface area (Å²) in [5.74, 6) is 1.31. The SMILES string of the molecule is CCN(CCNC)c1cccc2c1nc(CN1CCCC3CCc4cccnc4C31)n2C(=O)OC(C)(C)C. The smallest absolute Gasteiger partial charge is 0.420 e. The molecule has 0 radical (unpaired) electrons. The number of pyridine rings is 1. The molecule has 0 spiro atoms. The maximum Gasteiger partial charge on any atom is 0.420 e. The van der Waals surface area contributed by atoms with Crippen LogP contribution in [-0.2, 0) is 17.7 Å². The van der Waals surface area contributed by atoms with Crippen molar-refractivity contribution in [3.63, 3.8) is 0 Å². The summed E-state index contributed by atoms with van der Waals surface area (Å²) < 4.78 is 7.61. The maximum atomic E-state index is 13.6. The van der Waals surface area contributed by atoms with E-state index in [4.69, 9.17) is 14.7 Å². The fourth-order valence-corrected chi connectivity index (χ4v) is 6.18. The van der Waals surface area contributed by atoms with E-state index in [-0.39, 0.29) is 12.1 Å². The number of hydrogen-bond donors (Lipinski definition) is 1. The van der Waals surface area contributed by atoms with Gasteiger partial charge in [0.25, 0.3) is 0 Å². The van der Waals surface area contributed by atoms with Crippen LogP contribution in [0, 0.1) is 5.92 Å². The van der Waals surface area contributed by atoms with Gasteiger partial charge in [0.15, 0.2) is 0 Å². The van der Waals surface area contributed by atoms with Gasteiger partial charge in [-0.15, -0.1) is 0 Å². The first kappa shape index (κ1) is 26.6. The number of aryl methyl sites for hydroxylation is 1. The van der Waals surface area contributed by atoms with E-state index in [0.717, 1.165) is 61.6 Å². The Balaban J connectivity index is 1.58. The molecule has 1 aliphatic carbocycles. The van der Waals surface area contributed by atoms with Crippen molar-refractivity contribution in [2.45, 2.75) is 71.6 Å². The lowest BCUT2D eigenvalue weighted by Crippen LogP contribution is -2.42. The number of imidazole rings is 1. The predicted molar refractivity (Wildman–Crippen MR) is 152 cm³/mol. The van der Waals surface area contributed by atoms with Gasteiger partial charge in [0.1, 0.15) is 16.9 Å². The van der Waals surface area contributed by atoms with Crippen LogP contribution < -0.4 is 10.2 Å². The molecule has 1 aliphatic heterocycles. The van der Waals surface area contributed by atoms with Crippen LogP contribution in [0.1, 0.15) is 70.1 Å². The molecule has 5 rings (SSSR count). The van der Waals surface area contributed by atoms with Crippen molar-refractivity contribution in [3.05, 3.63) is 53.6 Å². The number of ether oxygens (including phenoxy) is 1. The van der Waals surface area contributed by atoms with Crippen LogP contribution in [0.4, 0.5) is 10.5 Å². The first-order chi connectivity index (χ1) is 18.3. The highest BCUT2D eigenvalue weighted by molar-refractivity contribution is 5.95. The second-order valence-corrected chi connectivity index (χ2v) is 11.6. The standard InChI is InChI=1S/C30H42N6O2/c1-6-34(19-17-31-5)23-12-7-13-24-27(23)33-25(36(24)29(37)38-30(2,3)4)20-35-18-9-11-22-15-14-21-10-8-16-32-26(21)28(22)35/h7-8,10,12-13,16,22,28,31H,6,9,11,14-15,17-20H2,1-5H3. The molecule has 0 amide bonds. The zero-order valence-corrected chi connectivity index (χ0v) is 23.5. The molecule has 0 bridgehead atoms. The molecule has 2 aliphatic rings. The number of nitrogens with one attached hydrogen (secondary N) is 1. The number of carbonyl (C=O) groups is 1. The molecule has 1 N–H and O–H groups in total. The van der Waals surface area contributed by atoms with Gasteiger partial charge in [-0.25, -0.2) is 14.3 Å². The highest BCUT2D eigenvalue weighted by atomic mass is 16.6. The first-order valence-electron chi connectivity index (χ1n) is 14.1. The number of likely N-dealkylation sites (N-methyl/N-ethyl adjacent to an activating group) is 2. The summed E-state index contributed by atoms with van der Waals surface area (Å²) in [6, 6.07) is 10.6. The topological polar surface area (TPSA) is 75.5 Å². The van der Waals surface area contributed by atoms with E-state index in [0.29, 0.717) is 12.5 Å². The van der Waals surface area contributed by atoms with E-state index in [1.165, 1.54) is 24.1 Å². The quantitative estimate of drug-likeness (QED) is 0.463. The molecule has 3 aromatic rings. The normalized spacial score (nSPS) is 19.7. The minimum Gasteiger partial charge on any atom is -0.443 e. The van der Waals surface area contributed by atoms with E-state index < -0.39 is 5.60 Å². The van der Waals surface area contributed by atoms with Crippen molar-refractivity contribution in [3.8, 4) is 0 Å². The van der Waals surface area contributed by atoms with Gasteiger partial charge >= 0.3 is 6.09 Å². The number of nitrogens with zero attached hydrogens (tertiary/aromatic N) is 5. The van der Waals surface area contributed by atoms with Gasteiger partial charge in [-0.3, -0.25) is 9.88 Å². The molecule has 2 aromatic heterocycles. The van der Waals surface area contributed by atoms with Gasteiger partial charge in [0.05, 0.1) is 29.5 Å². The number of rotatable bonds is 7. The predicted octanol–water partition coefficient (Wildman–Crippen LogP) is 5.16. The van der Waals surface area contributed by atoms with Gasteiger partial charge in [0, 0.05) is 25.8 Å². The second kappa shape index (κ2) is 11.0. The van der Waals surface area contributed by atoms with E-state index in [2.05, 4.69) is 34.2 Å². The van der Waals surface area contributed by atoms with Crippen LogP contribution in [-0.4, -0.2) is 64.4 Å². The Bertz CT molecular complexity index is 1280. The van der Waals surface area contributed by atoms with Crippen LogP contribution in [0.5, 0.6) is 0 Å². The highest BCUT2D eigenvalue weighted by Crippen LogP contribution is 2.43. The summed E-state index contributed by atoms with van der Waals surface area (Å²) in [7, 11) is 1.97. The molecule has 3 heterocycles. The van der Waals surface area contributed by atoms with E-state index in [1.54, 1.807) is 4.57 Å².